The molecule has 0 saturated carbocycles. The van der Waals surface area contributed by atoms with Gasteiger partial charge in [0.05, 0.1) is 18.0 Å². The molecule has 2 saturated heterocycles. The van der Waals surface area contributed by atoms with Crippen LogP contribution in [0.25, 0.3) is 0 Å². The molecule has 8 nitrogen and oxygen atoms in total. The highest BCUT2D eigenvalue weighted by atomic mass is 32.2. The van der Waals surface area contributed by atoms with Crippen LogP contribution in [0.5, 0.6) is 0 Å². The second-order valence-electron chi connectivity index (χ2n) is 7.79. The zero-order valence-electron chi connectivity index (χ0n) is 16.5. The van der Waals surface area contributed by atoms with Crippen molar-refractivity contribution in [2.45, 2.75) is 36.4 Å². The van der Waals surface area contributed by atoms with Gasteiger partial charge in [-0.1, -0.05) is 0 Å². The predicted octanol–water partition coefficient (Wildman–Crippen LogP) is 1.63. The number of anilines is 1. The van der Waals surface area contributed by atoms with Crippen LogP contribution in [0.15, 0.2) is 41.8 Å². The first-order chi connectivity index (χ1) is 14.0. The zero-order chi connectivity index (χ0) is 20.4. The summed E-state index contributed by atoms with van der Waals surface area (Å²) < 4.78 is 29.1. The Balaban J connectivity index is 1.30. The Labute approximate surface area is 171 Å². The average Bonchev–Trinajstić information content (AvgIpc) is 3.25. The lowest BCUT2D eigenvalue weighted by Gasteiger charge is -2.40. The van der Waals surface area contributed by atoms with Crippen molar-refractivity contribution in [2.24, 2.45) is 7.05 Å². The van der Waals surface area contributed by atoms with E-state index in [0.717, 1.165) is 38.0 Å². The summed E-state index contributed by atoms with van der Waals surface area (Å²) in [5.41, 5.74) is 1.67. The quantitative estimate of drug-likeness (QED) is 0.692. The first-order valence-corrected chi connectivity index (χ1v) is 11.4. The minimum atomic E-state index is -3.52. The van der Waals surface area contributed by atoms with Gasteiger partial charge in [0.2, 0.25) is 0 Å². The van der Waals surface area contributed by atoms with Crippen LogP contribution >= 0.6 is 0 Å². The largest absolute Gasteiger partial charge is 0.385 e. The lowest BCUT2D eigenvalue weighted by Crippen LogP contribution is -2.55. The number of nitrogens with zero attached hydrogens (tertiary/aromatic N) is 5. The fourth-order valence-corrected chi connectivity index (χ4v) is 5.81. The standard InChI is InChI=1S/C20H26N6O2S/c1-24-14-20(23-15-24)29(27,28)25-12-18-7-8-19(13-25)26(18)10-2-9-22-17-5-3-16(11-21)4-6-17/h3-6,14-15,18-19,22H,2,7-10,12-13H2,1H3. The lowest BCUT2D eigenvalue weighted by atomic mass is 10.2. The fraction of sp³-hybridized carbons (Fsp3) is 0.500. The van der Waals surface area contributed by atoms with Crippen molar-refractivity contribution in [1.29, 1.82) is 5.26 Å². The number of sulfonamides is 1. The van der Waals surface area contributed by atoms with Crippen molar-refractivity contribution in [3.63, 3.8) is 0 Å². The molecule has 1 N–H and O–H groups in total. The van der Waals surface area contributed by atoms with Crippen LogP contribution in [0.3, 0.4) is 0 Å². The summed E-state index contributed by atoms with van der Waals surface area (Å²) in [4.78, 5) is 6.52. The van der Waals surface area contributed by atoms with Gasteiger partial charge in [-0.05, 0) is 43.5 Å². The van der Waals surface area contributed by atoms with E-state index in [2.05, 4.69) is 21.3 Å². The maximum absolute atomic E-state index is 12.9. The number of nitriles is 1. The Hall–Kier alpha value is -2.41. The Morgan fingerprint density at radius 1 is 1.21 bits per heavy atom. The first-order valence-electron chi connectivity index (χ1n) is 9.95. The Morgan fingerprint density at radius 3 is 2.48 bits per heavy atom. The summed E-state index contributed by atoms with van der Waals surface area (Å²) in [6.07, 6.45) is 6.17. The van der Waals surface area contributed by atoms with Crippen molar-refractivity contribution in [3.8, 4) is 6.07 Å². The van der Waals surface area contributed by atoms with Gasteiger partial charge in [0.1, 0.15) is 0 Å². The van der Waals surface area contributed by atoms with Gasteiger partial charge in [-0.2, -0.15) is 9.57 Å². The van der Waals surface area contributed by atoms with Gasteiger partial charge < -0.3 is 9.88 Å². The molecule has 2 aliphatic rings. The molecule has 2 atom stereocenters. The van der Waals surface area contributed by atoms with Crippen molar-refractivity contribution < 1.29 is 8.42 Å². The third kappa shape index (κ3) is 4.15. The van der Waals surface area contributed by atoms with Gasteiger partial charge in [-0.15, -0.1) is 0 Å². The molecule has 2 bridgehead atoms. The highest BCUT2D eigenvalue weighted by Gasteiger charge is 2.43. The SMILES string of the molecule is Cn1cnc(S(=O)(=O)N2CC3CCC(C2)N3CCCNc2ccc(C#N)cc2)c1. The zero-order valence-corrected chi connectivity index (χ0v) is 17.3. The number of fused-ring (bicyclic) bond motifs is 2. The summed E-state index contributed by atoms with van der Waals surface area (Å²) in [6.45, 7) is 2.88. The molecule has 9 heteroatoms. The number of hydrogen-bond acceptors (Lipinski definition) is 6. The summed E-state index contributed by atoms with van der Waals surface area (Å²) in [6, 6.07) is 10.1. The Bertz CT molecular complexity index is 981. The Kier molecular flexibility index (Phi) is 5.58. The van der Waals surface area contributed by atoms with Crippen LogP contribution in [-0.2, 0) is 17.1 Å². The first kappa shape index (κ1) is 19.9. The van der Waals surface area contributed by atoms with Gasteiger partial charge in [0.25, 0.3) is 10.0 Å². The molecule has 0 amide bonds. The topological polar surface area (TPSA) is 94.3 Å². The third-order valence-electron chi connectivity index (χ3n) is 5.82. The lowest BCUT2D eigenvalue weighted by molar-refractivity contribution is 0.110. The number of piperazine rings is 1. The van der Waals surface area contributed by atoms with Gasteiger partial charge in [0, 0.05) is 57.2 Å². The average molecular weight is 415 g/mol. The molecule has 0 radical (unpaired) electrons. The second-order valence-corrected chi connectivity index (χ2v) is 9.68. The van der Waals surface area contributed by atoms with Crippen molar-refractivity contribution >= 4 is 15.7 Å². The van der Waals surface area contributed by atoms with E-state index in [-0.39, 0.29) is 17.1 Å². The van der Waals surface area contributed by atoms with Crippen molar-refractivity contribution in [1.82, 2.24) is 18.8 Å². The van der Waals surface area contributed by atoms with Crippen LogP contribution in [0, 0.1) is 11.3 Å². The van der Waals surface area contributed by atoms with Crippen LogP contribution in [0.1, 0.15) is 24.8 Å². The normalized spacial score (nSPS) is 22.5. The van der Waals surface area contributed by atoms with E-state index in [9.17, 15) is 8.42 Å². The monoisotopic (exact) mass is 414 g/mol. The number of nitrogens with one attached hydrogen (secondary N) is 1. The summed E-state index contributed by atoms with van der Waals surface area (Å²) in [5.74, 6) is 0. The van der Waals surface area contributed by atoms with E-state index in [4.69, 9.17) is 5.26 Å². The van der Waals surface area contributed by atoms with Crippen LogP contribution < -0.4 is 5.32 Å². The second kappa shape index (κ2) is 8.14. The molecule has 2 fully saturated rings. The van der Waals surface area contributed by atoms with Crippen LogP contribution in [0.4, 0.5) is 5.69 Å². The smallest absolute Gasteiger partial charge is 0.262 e. The molecule has 1 aromatic heterocycles. The van der Waals surface area contributed by atoms with Gasteiger partial charge in [-0.25, -0.2) is 13.4 Å². The molecular formula is C20H26N6O2S. The maximum atomic E-state index is 12.9. The highest BCUT2D eigenvalue weighted by Crippen LogP contribution is 2.32. The molecule has 2 unspecified atom stereocenters. The molecule has 3 heterocycles. The van der Waals surface area contributed by atoms with E-state index in [1.807, 2.05) is 24.3 Å². The number of aromatic nitrogens is 2. The van der Waals surface area contributed by atoms with E-state index in [0.29, 0.717) is 18.7 Å². The molecule has 0 spiro atoms. The molecule has 2 aromatic rings. The fourth-order valence-electron chi connectivity index (χ4n) is 4.32. The predicted molar refractivity (Wildman–Crippen MR) is 110 cm³/mol. The number of benzene rings is 1. The molecule has 1 aromatic carbocycles. The number of hydrogen-bond donors (Lipinski definition) is 1. The van der Waals surface area contributed by atoms with Crippen LogP contribution in [0.2, 0.25) is 0 Å². The highest BCUT2D eigenvalue weighted by molar-refractivity contribution is 7.89. The molecule has 0 aliphatic carbocycles. The third-order valence-corrected chi connectivity index (χ3v) is 7.54. The van der Waals surface area contributed by atoms with E-state index in [1.165, 1.54) is 6.33 Å². The van der Waals surface area contributed by atoms with E-state index < -0.39 is 10.0 Å². The van der Waals surface area contributed by atoms with Gasteiger partial charge >= 0.3 is 0 Å². The van der Waals surface area contributed by atoms with Crippen molar-refractivity contribution in [3.05, 3.63) is 42.4 Å². The van der Waals surface area contributed by atoms with Gasteiger partial charge in [0.15, 0.2) is 5.03 Å². The van der Waals surface area contributed by atoms with E-state index in [1.54, 1.807) is 22.1 Å². The maximum Gasteiger partial charge on any atom is 0.262 e. The Morgan fingerprint density at radius 2 is 1.90 bits per heavy atom. The number of rotatable bonds is 7. The number of aryl methyl sites for hydroxylation is 1. The minimum Gasteiger partial charge on any atom is -0.385 e. The molecule has 4 rings (SSSR count). The van der Waals surface area contributed by atoms with Gasteiger partial charge in [-0.3, -0.25) is 4.90 Å². The van der Waals surface area contributed by atoms with Crippen molar-refractivity contribution in [2.75, 3.05) is 31.5 Å². The molecule has 29 heavy (non-hydrogen) atoms. The minimum absolute atomic E-state index is 0.138. The summed E-state index contributed by atoms with van der Waals surface area (Å²) in [7, 11) is -1.74. The summed E-state index contributed by atoms with van der Waals surface area (Å²) >= 11 is 0. The summed E-state index contributed by atoms with van der Waals surface area (Å²) in [5, 5.41) is 12.4. The molecule has 2 aliphatic heterocycles. The van der Waals surface area contributed by atoms with E-state index >= 15 is 0 Å². The number of imidazole rings is 1. The molecule has 154 valence electrons. The van der Waals surface area contributed by atoms with Crippen LogP contribution in [-0.4, -0.2) is 65.4 Å². The molecular weight excluding hydrogens is 388 g/mol.